The van der Waals surface area contributed by atoms with Gasteiger partial charge < -0.3 is 10.3 Å². The van der Waals surface area contributed by atoms with Gasteiger partial charge in [0.15, 0.2) is 0 Å². The lowest BCUT2D eigenvalue weighted by Gasteiger charge is -2.20. The number of rotatable bonds is 1. The van der Waals surface area contributed by atoms with E-state index in [1.54, 1.807) is 0 Å². The quantitative estimate of drug-likeness (QED) is 0.743. The van der Waals surface area contributed by atoms with Gasteiger partial charge in [-0.25, -0.2) is 4.79 Å². The van der Waals surface area contributed by atoms with E-state index in [1.807, 2.05) is 0 Å². The summed E-state index contributed by atoms with van der Waals surface area (Å²) in [5.41, 5.74) is 3.29. The molecule has 4 nitrogen and oxygen atoms in total. The molecule has 0 aromatic carbocycles. The average molecular weight is 219 g/mol. The number of hydrogen-bond acceptors (Lipinski definition) is 3. The first-order valence-corrected chi connectivity index (χ1v) is 6.20. The maximum absolute atomic E-state index is 11.5. The molecule has 1 aliphatic heterocycles. The van der Waals surface area contributed by atoms with E-state index in [4.69, 9.17) is 0 Å². The second kappa shape index (κ2) is 4.01. The summed E-state index contributed by atoms with van der Waals surface area (Å²) in [7, 11) is 0. The Hall–Kier alpha value is -1.16. The molecule has 3 rings (SSSR count). The van der Waals surface area contributed by atoms with Crippen LogP contribution < -0.4 is 11.0 Å². The second-order valence-electron chi connectivity index (χ2n) is 4.74. The van der Waals surface area contributed by atoms with E-state index < -0.39 is 0 Å². The normalized spacial score (nSPS) is 24.4. The van der Waals surface area contributed by atoms with Gasteiger partial charge in [0, 0.05) is 5.69 Å². The molecule has 16 heavy (non-hydrogen) atoms. The number of nitrogens with zero attached hydrogens (tertiary/aromatic N) is 1. The zero-order chi connectivity index (χ0) is 11.0. The Balaban J connectivity index is 2.08. The Kier molecular flexibility index (Phi) is 2.52. The van der Waals surface area contributed by atoms with E-state index in [2.05, 4.69) is 15.3 Å². The predicted octanol–water partition coefficient (Wildman–Crippen LogP) is 1.07. The molecule has 0 amide bonds. The van der Waals surface area contributed by atoms with Crippen molar-refractivity contribution in [3.63, 3.8) is 0 Å². The zero-order valence-electron chi connectivity index (χ0n) is 9.38. The van der Waals surface area contributed by atoms with E-state index >= 15 is 0 Å². The maximum atomic E-state index is 11.5. The summed E-state index contributed by atoms with van der Waals surface area (Å²) >= 11 is 0. The number of nitrogens with one attached hydrogen (secondary N) is 2. The fraction of sp³-hybridized carbons (Fsp3) is 0.667. The topological polar surface area (TPSA) is 57.8 Å². The van der Waals surface area contributed by atoms with Gasteiger partial charge in [0.1, 0.15) is 0 Å². The van der Waals surface area contributed by atoms with Gasteiger partial charge >= 0.3 is 5.69 Å². The van der Waals surface area contributed by atoms with Crippen molar-refractivity contribution in [2.24, 2.45) is 0 Å². The lowest BCUT2D eigenvalue weighted by molar-refractivity contribution is 0.581. The molecular weight excluding hydrogens is 202 g/mol. The Bertz CT molecular complexity index is 446. The van der Waals surface area contributed by atoms with Crippen molar-refractivity contribution in [1.82, 2.24) is 15.3 Å². The van der Waals surface area contributed by atoms with Gasteiger partial charge in [-0.05, 0) is 50.6 Å². The molecular formula is C12H17N3O. The second-order valence-corrected chi connectivity index (χ2v) is 4.74. The SMILES string of the molecule is O=c1nc([C@@H]2CCCN2)c2c([nH]1)CCCC2. The third-order valence-corrected chi connectivity index (χ3v) is 3.65. The molecule has 2 aliphatic rings. The van der Waals surface area contributed by atoms with Crippen LogP contribution in [0, 0.1) is 0 Å². The smallest absolute Gasteiger partial charge is 0.310 e. The number of H-pyrrole nitrogens is 1. The summed E-state index contributed by atoms with van der Waals surface area (Å²) < 4.78 is 0. The fourth-order valence-corrected chi connectivity index (χ4v) is 2.87. The van der Waals surface area contributed by atoms with Gasteiger partial charge in [0.2, 0.25) is 0 Å². The fourth-order valence-electron chi connectivity index (χ4n) is 2.87. The summed E-state index contributed by atoms with van der Waals surface area (Å²) in [6.45, 7) is 1.05. The number of aryl methyl sites for hydroxylation is 1. The number of aromatic nitrogens is 2. The van der Waals surface area contributed by atoms with E-state index in [0.29, 0.717) is 6.04 Å². The molecule has 0 saturated carbocycles. The molecule has 1 aliphatic carbocycles. The molecule has 2 heterocycles. The van der Waals surface area contributed by atoms with E-state index in [9.17, 15) is 4.79 Å². The lowest BCUT2D eigenvalue weighted by Crippen LogP contribution is -2.26. The van der Waals surface area contributed by atoms with Crippen molar-refractivity contribution in [1.29, 1.82) is 0 Å². The Morgan fingerprint density at radius 1 is 1.19 bits per heavy atom. The standard InChI is InChI=1S/C12H17N3O/c16-12-14-9-5-2-1-4-8(9)11(15-12)10-6-3-7-13-10/h10,13H,1-7H2,(H,14,15,16)/t10-/m0/s1. The van der Waals surface area contributed by atoms with Crippen LogP contribution >= 0.6 is 0 Å². The highest BCUT2D eigenvalue weighted by Crippen LogP contribution is 2.28. The summed E-state index contributed by atoms with van der Waals surface area (Å²) in [5, 5.41) is 3.43. The summed E-state index contributed by atoms with van der Waals surface area (Å²) in [5.74, 6) is 0. The first-order chi connectivity index (χ1) is 7.84. The molecule has 2 N–H and O–H groups in total. The van der Waals surface area contributed by atoms with Crippen LogP contribution in [0.5, 0.6) is 0 Å². The highest BCUT2D eigenvalue weighted by Gasteiger charge is 2.24. The summed E-state index contributed by atoms with van der Waals surface area (Å²) in [4.78, 5) is 18.6. The molecule has 4 heteroatoms. The van der Waals surface area contributed by atoms with Crippen molar-refractivity contribution in [3.05, 3.63) is 27.4 Å². The molecule has 0 bridgehead atoms. The van der Waals surface area contributed by atoms with Gasteiger partial charge in [0.05, 0.1) is 11.7 Å². The van der Waals surface area contributed by atoms with Crippen LogP contribution in [0.25, 0.3) is 0 Å². The minimum atomic E-state index is -0.177. The Morgan fingerprint density at radius 2 is 2.06 bits per heavy atom. The van der Waals surface area contributed by atoms with E-state index in [-0.39, 0.29) is 5.69 Å². The van der Waals surface area contributed by atoms with Crippen molar-refractivity contribution in [2.75, 3.05) is 6.54 Å². The molecule has 1 aromatic rings. The molecule has 0 spiro atoms. The molecule has 1 saturated heterocycles. The molecule has 1 atom stereocenters. The first kappa shape index (κ1) is 10.0. The Labute approximate surface area is 94.5 Å². The highest BCUT2D eigenvalue weighted by molar-refractivity contribution is 5.29. The van der Waals surface area contributed by atoms with Crippen molar-refractivity contribution in [2.45, 2.75) is 44.6 Å². The monoisotopic (exact) mass is 219 g/mol. The van der Waals surface area contributed by atoms with Gasteiger partial charge in [-0.3, -0.25) is 0 Å². The van der Waals surface area contributed by atoms with Crippen LogP contribution in [-0.4, -0.2) is 16.5 Å². The van der Waals surface area contributed by atoms with Crippen LogP contribution in [0.2, 0.25) is 0 Å². The molecule has 1 fully saturated rings. The van der Waals surface area contributed by atoms with E-state index in [0.717, 1.165) is 37.2 Å². The third-order valence-electron chi connectivity index (χ3n) is 3.65. The van der Waals surface area contributed by atoms with Crippen LogP contribution in [0.3, 0.4) is 0 Å². The van der Waals surface area contributed by atoms with Crippen LogP contribution in [-0.2, 0) is 12.8 Å². The largest absolute Gasteiger partial charge is 0.345 e. The Morgan fingerprint density at radius 3 is 2.88 bits per heavy atom. The molecule has 0 unspecified atom stereocenters. The number of hydrogen-bond donors (Lipinski definition) is 2. The first-order valence-electron chi connectivity index (χ1n) is 6.20. The minimum absolute atomic E-state index is 0.177. The summed E-state index contributed by atoms with van der Waals surface area (Å²) in [6.07, 6.45) is 6.79. The van der Waals surface area contributed by atoms with Gasteiger partial charge in [-0.1, -0.05) is 0 Å². The molecule has 1 aromatic heterocycles. The molecule has 86 valence electrons. The number of aromatic amines is 1. The molecule has 0 radical (unpaired) electrons. The number of fused-ring (bicyclic) bond motifs is 1. The maximum Gasteiger partial charge on any atom is 0.345 e. The zero-order valence-corrected chi connectivity index (χ0v) is 9.38. The van der Waals surface area contributed by atoms with Crippen molar-refractivity contribution in [3.8, 4) is 0 Å². The van der Waals surface area contributed by atoms with Crippen LogP contribution in [0.15, 0.2) is 4.79 Å². The van der Waals surface area contributed by atoms with Crippen LogP contribution in [0.1, 0.15) is 48.7 Å². The third kappa shape index (κ3) is 1.67. The highest BCUT2D eigenvalue weighted by atomic mass is 16.1. The summed E-state index contributed by atoms with van der Waals surface area (Å²) in [6, 6.07) is 0.314. The minimum Gasteiger partial charge on any atom is -0.310 e. The lowest BCUT2D eigenvalue weighted by atomic mass is 9.92. The van der Waals surface area contributed by atoms with Gasteiger partial charge in [-0.2, -0.15) is 4.98 Å². The van der Waals surface area contributed by atoms with Crippen LogP contribution in [0.4, 0.5) is 0 Å². The van der Waals surface area contributed by atoms with Crippen molar-refractivity contribution < 1.29 is 0 Å². The van der Waals surface area contributed by atoms with Crippen molar-refractivity contribution >= 4 is 0 Å². The van der Waals surface area contributed by atoms with Gasteiger partial charge in [-0.15, -0.1) is 0 Å². The average Bonchev–Trinajstić information content (AvgIpc) is 2.81. The predicted molar refractivity (Wildman–Crippen MR) is 61.5 cm³/mol. The van der Waals surface area contributed by atoms with E-state index in [1.165, 1.54) is 24.8 Å². The van der Waals surface area contributed by atoms with Gasteiger partial charge in [0.25, 0.3) is 0 Å².